The molecule has 3 aliphatic rings. The van der Waals surface area contributed by atoms with E-state index >= 15 is 0 Å². The summed E-state index contributed by atoms with van der Waals surface area (Å²) in [5, 5.41) is 0.776. The largest absolute Gasteiger partial charge is 0.368 e. The van der Waals surface area contributed by atoms with Crippen LogP contribution in [0.15, 0.2) is 24.3 Å². The molecular formula is C18H23ClN2O. The van der Waals surface area contributed by atoms with Crippen LogP contribution in [-0.2, 0) is 4.79 Å². The van der Waals surface area contributed by atoms with Crippen LogP contribution in [0.4, 0.5) is 5.69 Å². The van der Waals surface area contributed by atoms with Gasteiger partial charge < -0.3 is 9.80 Å². The maximum absolute atomic E-state index is 12.8. The molecule has 1 aliphatic heterocycles. The number of halogens is 1. The van der Waals surface area contributed by atoms with Gasteiger partial charge in [0, 0.05) is 42.8 Å². The number of rotatable bonds is 2. The van der Waals surface area contributed by atoms with Gasteiger partial charge in [-0.15, -0.1) is 0 Å². The van der Waals surface area contributed by atoms with Gasteiger partial charge in [-0.2, -0.15) is 0 Å². The summed E-state index contributed by atoms with van der Waals surface area (Å²) in [5.74, 6) is 2.28. The van der Waals surface area contributed by atoms with E-state index in [0.29, 0.717) is 17.7 Å². The fraction of sp³-hybridized carbons (Fsp3) is 0.611. The monoisotopic (exact) mass is 318 g/mol. The first kappa shape index (κ1) is 14.4. The normalized spacial score (nSPS) is 30.9. The second-order valence-corrected chi connectivity index (χ2v) is 7.51. The van der Waals surface area contributed by atoms with Gasteiger partial charge in [-0.1, -0.05) is 24.1 Å². The van der Waals surface area contributed by atoms with Crippen molar-refractivity contribution in [3.63, 3.8) is 0 Å². The quantitative estimate of drug-likeness (QED) is 0.834. The molecular weight excluding hydrogens is 296 g/mol. The molecule has 1 saturated heterocycles. The minimum atomic E-state index is 0.330. The molecule has 3 nitrogen and oxygen atoms in total. The van der Waals surface area contributed by atoms with E-state index in [2.05, 4.69) is 15.9 Å². The van der Waals surface area contributed by atoms with Gasteiger partial charge in [0.2, 0.25) is 5.91 Å². The zero-order valence-electron chi connectivity index (χ0n) is 12.9. The van der Waals surface area contributed by atoms with Gasteiger partial charge in [0.25, 0.3) is 0 Å². The number of hydrogen-bond acceptors (Lipinski definition) is 2. The lowest BCUT2D eigenvalue weighted by Gasteiger charge is -2.38. The number of nitrogens with zero attached hydrogens (tertiary/aromatic N) is 2. The van der Waals surface area contributed by atoms with E-state index in [1.165, 1.54) is 24.9 Å². The second-order valence-electron chi connectivity index (χ2n) is 7.07. The van der Waals surface area contributed by atoms with Crippen molar-refractivity contribution in [1.82, 2.24) is 4.90 Å². The van der Waals surface area contributed by atoms with Crippen molar-refractivity contribution in [2.75, 3.05) is 31.1 Å². The molecule has 0 radical (unpaired) electrons. The zero-order chi connectivity index (χ0) is 15.1. The SMILES string of the molecule is O=C(C1CC2CCC1C2)N1CCN(c2cccc(Cl)c2)CC1. The fourth-order valence-electron chi connectivity index (χ4n) is 4.64. The predicted molar refractivity (Wildman–Crippen MR) is 89.2 cm³/mol. The lowest BCUT2D eigenvalue weighted by atomic mass is 9.87. The molecule has 4 rings (SSSR count). The lowest BCUT2D eigenvalue weighted by molar-refractivity contribution is -0.137. The van der Waals surface area contributed by atoms with Crippen LogP contribution in [0.25, 0.3) is 0 Å². The van der Waals surface area contributed by atoms with Gasteiger partial charge in [-0.05, 0) is 49.3 Å². The molecule has 0 N–H and O–H groups in total. The van der Waals surface area contributed by atoms with Gasteiger partial charge in [0.15, 0.2) is 0 Å². The Kier molecular flexibility index (Phi) is 3.77. The molecule has 3 fully saturated rings. The highest BCUT2D eigenvalue weighted by atomic mass is 35.5. The van der Waals surface area contributed by atoms with E-state index < -0.39 is 0 Å². The summed E-state index contributed by atoms with van der Waals surface area (Å²) in [5.41, 5.74) is 1.17. The predicted octanol–water partition coefficient (Wildman–Crippen LogP) is 3.42. The van der Waals surface area contributed by atoms with Gasteiger partial charge in [0.05, 0.1) is 0 Å². The molecule has 22 heavy (non-hydrogen) atoms. The summed E-state index contributed by atoms with van der Waals surface area (Å²) >= 11 is 6.07. The Hall–Kier alpha value is -1.22. The van der Waals surface area contributed by atoms with Crippen LogP contribution in [0.5, 0.6) is 0 Å². The van der Waals surface area contributed by atoms with E-state index in [-0.39, 0.29) is 0 Å². The zero-order valence-corrected chi connectivity index (χ0v) is 13.6. The van der Waals surface area contributed by atoms with Crippen molar-refractivity contribution < 1.29 is 4.79 Å². The maximum Gasteiger partial charge on any atom is 0.226 e. The van der Waals surface area contributed by atoms with Gasteiger partial charge in [-0.3, -0.25) is 4.79 Å². The van der Waals surface area contributed by atoms with Crippen LogP contribution in [0, 0.1) is 17.8 Å². The maximum atomic E-state index is 12.8. The summed E-state index contributed by atoms with van der Waals surface area (Å²) in [7, 11) is 0. The molecule has 3 unspecified atom stereocenters. The number of hydrogen-bond donors (Lipinski definition) is 0. The summed E-state index contributed by atoms with van der Waals surface area (Å²) in [6.07, 6.45) is 5.09. The molecule has 2 aliphatic carbocycles. The first-order valence-electron chi connectivity index (χ1n) is 8.50. The summed E-state index contributed by atoms with van der Waals surface area (Å²) < 4.78 is 0. The topological polar surface area (TPSA) is 23.6 Å². The third-order valence-corrected chi connectivity index (χ3v) is 6.06. The van der Waals surface area contributed by atoms with E-state index in [0.717, 1.165) is 43.5 Å². The lowest BCUT2D eigenvalue weighted by Crippen LogP contribution is -2.51. The Morgan fingerprint density at radius 1 is 1.09 bits per heavy atom. The van der Waals surface area contributed by atoms with Crippen molar-refractivity contribution in [3.05, 3.63) is 29.3 Å². The molecule has 1 amide bonds. The smallest absolute Gasteiger partial charge is 0.226 e. The third-order valence-electron chi connectivity index (χ3n) is 5.82. The molecule has 118 valence electrons. The van der Waals surface area contributed by atoms with Gasteiger partial charge >= 0.3 is 0 Å². The third kappa shape index (κ3) is 2.60. The summed E-state index contributed by atoms with van der Waals surface area (Å²) in [6, 6.07) is 8.00. The minimum Gasteiger partial charge on any atom is -0.368 e. The minimum absolute atomic E-state index is 0.330. The molecule has 1 aromatic carbocycles. The van der Waals surface area contributed by atoms with Gasteiger partial charge in [-0.25, -0.2) is 0 Å². The molecule has 3 atom stereocenters. The number of anilines is 1. The average Bonchev–Trinajstić information content (AvgIpc) is 3.17. The number of piperazine rings is 1. The second kappa shape index (κ2) is 5.77. The van der Waals surface area contributed by atoms with Crippen molar-refractivity contribution in [1.29, 1.82) is 0 Å². The van der Waals surface area contributed by atoms with Crippen molar-refractivity contribution in [2.45, 2.75) is 25.7 Å². The molecule has 0 spiro atoms. The van der Waals surface area contributed by atoms with E-state index in [1.54, 1.807) is 0 Å². The van der Waals surface area contributed by atoms with Crippen LogP contribution in [0.3, 0.4) is 0 Å². The Balaban J connectivity index is 1.36. The number of fused-ring (bicyclic) bond motifs is 2. The first-order chi connectivity index (χ1) is 10.7. The Bertz CT molecular complexity index is 568. The molecule has 2 bridgehead atoms. The van der Waals surface area contributed by atoms with Crippen LogP contribution < -0.4 is 4.90 Å². The number of amides is 1. The molecule has 1 heterocycles. The molecule has 0 aromatic heterocycles. The van der Waals surface area contributed by atoms with Crippen LogP contribution in [-0.4, -0.2) is 37.0 Å². The van der Waals surface area contributed by atoms with Crippen LogP contribution in [0.1, 0.15) is 25.7 Å². The summed E-state index contributed by atoms with van der Waals surface area (Å²) in [6.45, 7) is 3.51. The Morgan fingerprint density at radius 3 is 2.55 bits per heavy atom. The summed E-state index contributed by atoms with van der Waals surface area (Å²) in [4.78, 5) is 17.2. The Morgan fingerprint density at radius 2 is 1.91 bits per heavy atom. The van der Waals surface area contributed by atoms with E-state index in [4.69, 9.17) is 11.6 Å². The highest BCUT2D eigenvalue weighted by Gasteiger charge is 2.44. The van der Waals surface area contributed by atoms with E-state index in [9.17, 15) is 4.79 Å². The Labute approximate surface area is 137 Å². The van der Waals surface area contributed by atoms with Crippen molar-refractivity contribution >= 4 is 23.2 Å². The molecule has 1 aromatic rings. The number of carbonyl (C=O) groups is 1. The highest BCUT2D eigenvalue weighted by molar-refractivity contribution is 6.30. The number of carbonyl (C=O) groups excluding carboxylic acids is 1. The first-order valence-corrected chi connectivity index (χ1v) is 8.88. The molecule has 2 saturated carbocycles. The van der Waals surface area contributed by atoms with Crippen molar-refractivity contribution in [3.8, 4) is 0 Å². The average molecular weight is 319 g/mol. The molecule has 4 heteroatoms. The van der Waals surface area contributed by atoms with Crippen LogP contribution in [0.2, 0.25) is 5.02 Å². The standard InChI is InChI=1S/C18H23ClN2O/c19-15-2-1-3-16(12-15)20-6-8-21(9-7-20)18(22)17-11-13-4-5-14(17)10-13/h1-3,12-14,17H,4-11H2. The highest BCUT2D eigenvalue weighted by Crippen LogP contribution is 2.48. The van der Waals surface area contributed by atoms with Crippen LogP contribution >= 0.6 is 11.6 Å². The van der Waals surface area contributed by atoms with E-state index in [1.807, 2.05) is 18.2 Å². The number of benzene rings is 1. The van der Waals surface area contributed by atoms with Crippen molar-refractivity contribution in [2.24, 2.45) is 17.8 Å². The van der Waals surface area contributed by atoms with Gasteiger partial charge in [0.1, 0.15) is 0 Å². The fourth-order valence-corrected chi connectivity index (χ4v) is 4.82.